The molecule has 0 saturated heterocycles. The van der Waals surface area contributed by atoms with Crippen molar-refractivity contribution >= 4 is 5.69 Å². The molecule has 0 spiro atoms. The first-order chi connectivity index (χ1) is 8.31. The Morgan fingerprint density at radius 3 is 2.41 bits per heavy atom. The molecule has 1 aromatic heterocycles. The van der Waals surface area contributed by atoms with Gasteiger partial charge in [0.25, 0.3) is 0 Å². The van der Waals surface area contributed by atoms with E-state index < -0.39 is 0 Å². The maximum atomic E-state index is 5.88. The summed E-state index contributed by atoms with van der Waals surface area (Å²) in [6, 6.07) is 0. The smallest absolute Gasteiger partial charge is 0.244 e. The minimum Gasteiger partial charge on any atom is -0.479 e. The summed E-state index contributed by atoms with van der Waals surface area (Å²) in [6.45, 7) is 0. The fraction of sp³-hybridized carbons (Fsp3) is 0.667. The predicted molar refractivity (Wildman–Crippen MR) is 65.1 cm³/mol. The van der Waals surface area contributed by atoms with Crippen molar-refractivity contribution in [1.29, 1.82) is 0 Å². The van der Waals surface area contributed by atoms with Crippen molar-refractivity contribution in [3.63, 3.8) is 0 Å². The van der Waals surface area contributed by atoms with Crippen LogP contribution in [-0.2, 0) is 0 Å². The highest BCUT2D eigenvalue weighted by atomic mass is 16.5. The summed E-state index contributed by atoms with van der Waals surface area (Å²) in [7, 11) is 1.54. The lowest BCUT2D eigenvalue weighted by Crippen LogP contribution is -2.17. The van der Waals surface area contributed by atoms with Crippen molar-refractivity contribution < 1.29 is 9.47 Å². The third kappa shape index (κ3) is 2.99. The molecule has 0 atom stereocenters. The number of aromatic nitrogens is 2. The third-order valence-corrected chi connectivity index (χ3v) is 3.08. The van der Waals surface area contributed by atoms with Crippen LogP contribution in [0.25, 0.3) is 0 Å². The number of rotatable bonds is 3. The first-order valence-electron chi connectivity index (χ1n) is 6.12. The molecular formula is C12H19N3O2. The number of nitrogen functional groups attached to an aromatic ring is 1. The fourth-order valence-corrected chi connectivity index (χ4v) is 2.14. The van der Waals surface area contributed by atoms with Crippen LogP contribution < -0.4 is 15.2 Å². The minimum absolute atomic E-state index is 0.222. The van der Waals surface area contributed by atoms with Gasteiger partial charge in [-0.3, -0.25) is 0 Å². The lowest BCUT2D eigenvalue weighted by Gasteiger charge is -2.17. The molecule has 2 N–H and O–H groups in total. The molecule has 5 nitrogen and oxygen atoms in total. The second-order valence-corrected chi connectivity index (χ2v) is 4.33. The average Bonchev–Trinajstić information content (AvgIpc) is 2.60. The maximum Gasteiger partial charge on any atom is 0.244 e. The van der Waals surface area contributed by atoms with Crippen molar-refractivity contribution in [2.45, 2.75) is 44.6 Å². The highest BCUT2D eigenvalue weighted by molar-refractivity contribution is 5.55. The van der Waals surface area contributed by atoms with Crippen LogP contribution in [0.15, 0.2) is 6.33 Å². The number of hydrogen-bond acceptors (Lipinski definition) is 5. The van der Waals surface area contributed by atoms with Gasteiger partial charge in [-0.15, -0.1) is 0 Å². The zero-order chi connectivity index (χ0) is 12.1. The molecular weight excluding hydrogens is 218 g/mol. The summed E-state index contributed by atoms with van der Waals surface area (Å²) in [4.78, 5) is 8.00. The molecule has 1 saturated carbocycles. The first-order valence-corrected chi connectivity index (χ1v) is 6.12. The van der Waals surface area contributed by atoms with E-state index in [9.17, 15) is 0 Å². The van der Waals surface area contributed by atoms with Gasteiger partial charge in [0.15, 0.2) is 5.69 Å². The summed E-state index contributed by atoms with van der Waals surface area (Å²) < 4.78 is 10.9. The van der Waals surface area contributed by atoms with Gasteiger partial charge in [-0.2, -0.15) is 9.97 Å². The van der Waals surface area contributed by atoms with Gasteiger partial charge in [-0.1, -0.05) is 12.8 Å². The normalized spacial score (nSPS) is 17.5. The first kappa shape index (κ1) is 12.0. The number of anilines is 1. The van der Waals surface area contributed by atoms with E-state index in [1.807, 2.05) is 0 Å². The zero-order valence-electron chi connectivity index (χ0n) is 10.2. The monoisotopic (exact) mass is 237 g/mol. The van der Waals surface area contributed by atoms with E-state index in [0.29, 0.717) is 17.4 Å². The van der Waals surface area contributed by atoms with Gasteiger partial charge in [-0.05, 0) is 25.7 Å². The summed E-state index contributed by atoms with van der Waals surface area (Å²) in [5.74, 6) is 0.826. The Bertz CT molecular complexity index is 363. The summed E-state index contributed by atoms with van der Waals surface area (Å²) >= 11 is 0. The van der Waals surface area contributed by atoms with Crippen molar-refractivity contribution in [1.82, 2.24) is 9.97 Å². The Balaban J connectivity index is 2.06. The van der Waals surface area contributed by atoms with Crippen LogP contribution in [0.3, 0.4) is 0 Å². The van der Waals surface area contributed by atoms with Gasteiger partial charge >= 0.3 is 0 Å². The predicted octanol–water partition coefficient (Wildman–Crippen LogP) is 2.17. The summed E-state index contributed by atoms with van der Waals surface area (Å²) in [5, 5.41) is 0. The van der Waals surface area contributed by atoms with Gasteiger partial charge in [0.05, 0.1) is 7.11 Å². The fourth-order valence-electron chi connectivity index (χ4n) is 2.14. The van der Waals surface area contributed by atoms with E-state index in [0.717, 1.165) is 12.8 Å². The van der Waals surface area contributed by atoms with E-state index in [4.69, 9.17) is 15.2 Å². The molecule has 0 aliphatic heterocycles. The second-order valence-electron chi connectivity index (χ2n) is 4.33. The molecule has 1 heterocycles. The average molecular weight is 237 g/mol. The molecule has 0 amide bonds. The quantitative estimate of drug-likeness (QED) is 0.816. The summed E-state index contributed by atoms with van der Waals surface area (Å²) in [5.41, 5.74) is 6.26. The van der Waals surface area contributed by atoms with Crippen molar-refractivity contribution in [3.8, 4) is 11.8 Å². The molecule has 0 unspecified atom stereocenters. The van der Waals surface area contributed by atoms with Crippen LogP contribution in [0.5, 0.6) is 11.8 Å². The molecule has 0 aromatic carbocycles. The van der Waals surface area contributed by atoms with Gasteiger partial charge in [-0.25, -0.2) is 0 Å². The van der Waals surface area contributed by atoms with Gasteiger partial charge < -0.3 is 15.2 Å². The second kappa shape index (κ2) is 5.70. The molecule has 1 fully saturated rings. The molecule has 5 heteroatoms. The van der Waals surface area contributed by atoms with Gasteiger partial charge in [0.1, 0.15) is 12.4 Å². The molecule has 0 bridgehead atoms. The van der Waals surface area contributed by atoms with Crippen molar-refractivity contribution in [3.05, 3.63) is 6.33 Å². The van der Waals surface area contributed by atoms with Gasteiger partial charge in [0, 0.05) is 0 Å². The largest absolute Gasteiger partial charge is 0.479 e. The lowest BCUT2D eigenvalue weighted by atomic mass is 10.1. The van der Waals surface area contributed by atoms with Crippen LogP contribution in [0.1, 0.15) is 38.5 Å². The zero-order valence-corrected chi connectivity index (χ0v) is 10.2. The number of ether oxygens (including phenoxy) is 2. The standard InChI is InChI=1S/C12H19N3O2/c1-16-11-10(13)12(15-8-14-11)17-9-6-4-2-3-5-7-9/h8-9H,2-7,13H2,1H3. The van der Waals surface area contributed by atoms with Crippen LogP contribution in [0.4, 0.5) is 5.69 Å². The van der Waals surface area contributed by atoms with E-state index in [-0.39, 0.29) is 6.10 Å². The molecule has 0 radical (unpaired) electrons. The highest BCUT2D eigenvalue weighted by Crippen LogP contribution is 2.29. The SMILES string of the molecule is COc1ncnc(OC2CCCCCC2)c1N. The van der Waals surface area contributed by atoms with E-state index in [2.05, 4.69) is 9.97 Å². The van der Waals surface area contributed by atoms with Gasteiger partial charge in [0.2, 0.25) is 11.8 Å². The topological polar surface area (TPSA) is 70.3 Å². The number of methoxy groups -OCH3 is 1. The van der Waals surface area contributed by atoms with E-state index in [1.54, 1.807) is 0 Å². The van der Waals surface area contributed by atoms with E-state index >= 15 is 0 Å². The molecule has 17 heavy (non-hydrogen) atoms. The third-order valence-electron chi connectivity index (χ3n) is 3.08. The van der Waals surface area contributed by atoms with Crippen molar-refractivity contribution in [2.75, 3.05) is 12.8 Å². The Labute approximate surface area is 101 Å². The molecule has 1 aliphatic carbocycles. The summed E-state index contributed by atoms with van der Waals surface area (Å²) in [6.07, 6.45) is 8.81. The molecule has 94 valence electrons. The molecule has 1 aromatic rings. The van der Waals surface area contributed by atoms with Crippen LogP contribution in [0, 0.1) is 0 Å². The number of hydrogen-bond donors (Lipinski definition) is 1. The van der Waals surface area contributed by atoms with Crippen molar-refractivity contribution in [2.24, 2.45) is 0 Å². The Morgan fingerprint density at radius 1 is 1.12 bits per heavy atom. The Hall–Kier alpha value is -1.52. The number of nitrogens with two attached hydrogens (primary N) is 1. The Kier molecular flexibility index (Phi) is 4.01. The Morgan fingerprint density at radius 2 is 1.76 bits per heavy atom. The number of nitrogens with zero attached hydrogens (tertiary/aromatic N) is 2. The van der Waals surface area contributed by atoms with Crippen LogP contribution >= 0.6 is 0 Å². The van der Waals surface area contributed by atoms with Crippen LogP contribution in [0.2, 0.25) is 0 Å². The minimum atomic E-state index is 0.222. The highest BCUT2D eigenvalue weighted by Gasteiger charge is 2.17. The molecule has 2 rings (SSSR count). The molecule has 1 aliphatic rings. The van der Waals surface area contributed by atoms with Crippen LogP contribution in [-0.4, -0.2) is 23.2 Å². The maximum absolute atomic E-state index is 5.88. The lowest BCUT2D eigenvalue weighted by molar-refractivity contribution is 0.176. The van der Waals surface area contributed by atoms with E-state index in [1.165, 1.54) is 39.1 Å².